The number of benzene rings is 3. The molecule has 5 N–H and O–H groups in total. The minimum Gasteiger partial charge on any atom is -0.391 e. The number of halogens is 1. The van der Waals surface area contributed by atoms with Gasteiger partial charge in [0.2, 0.25) is 29.5 Å². The largest absolute Gasteiger partial charge is 0.391 e. The molecule has 2 aliphatic rings. The summed E-state index contributed by atoms with van der Waals surface area (Å²) in [5, 5.41) is 33.3. The molecule has 1 unspecified atom stereocenters. The molecule has 0 radical (unpaired) electrons. The number of aromatic nitrogens is 4. The minimum absolute atomic E-state index is 0.0302. The molecule has 1 saturated heterocycles. The number of aliphatic imine (C=N–C) groups is 1. The number of hydrogen-bond donors (Lipinski definition) is 5. The molecule has 2 aliphatic heterocycles. The number of hydrogen-bond acceptors (Lipinski definition) is 13. The van der Waals surface area contributed by atoms with Crippen molar-refractivity contribution in [2.75, 3.05) is 13.2 Å². The van der Waals surface area contributed by atoms with Gasteiger partial charge < -0.3 is 36.0 Å². The lowest BCUT2D eigenvalue weighted by atomic mass is 9.85. The second-order valence-electron chi connectivity index (χ2n) is 23.0. The zero-order valence-corrected chi connectivity index (χ0v) is 49.1. The number of carbonyl (C=O) groups excluding carboxylic acids is 5. The summed E-state index contributed by atoms with van der Waals surface area (Å²) in [6.07, 6.45) is -1.01. The molecule has 8 rings (SSSR count). The van der Waals surface area contributed by atoms with Crippen LogP contribution in [0.5, 0.6) is 0 Å². The van der Waals surface area contributed by atoms with Crippen molar-refractivity contribution in [1.82, 2.24) is 45.9 Å². The average Bonchev–Trinajstić information content (AvgIpc) is 4.34. The van der Waals surface area contributed by atoms with Gasteiger partial charge in [0.1, 0.15) is 35.0 Å². The molecule has 0 spiro atoms. The molecule has 3 aromatic heterocycles. The van der Waals surface area contributed by atoms with E-state index in [1.54, 1.807) is 42.0 Å². The Morgan fingerprint density at radius 3 is 2.19 bits per heavy atom. The van der Waals surface area contributed by atoms with Crippen LogP contribution in [-0.4, -0.2) is 114 Å². The Morgan fingerprint density at radius 1 is 0.848 bits per heavy atom. The maximum atomic E-state index is 14.6. The summed E-state index contributed by atoms with van der Waals surface area (Å²) >= 11 is 9.49. The normalized spacial score (nSPS) is 17.2. The van der Waals surface area contributed by atoms with Crippen molar-refractivity contribution in [2.45, 2.75) is 150 Å². The monoisotopic (exact) mass is 1130 g/mol. The van der Waals surface area contributed by atoms with Crippen LogP contribution in [0.25, 0.3) is 15.4 Å². The smallest absolute Gasteiger partial charge is 0.246 e. The maximum Gasteiger partial charge on any atom is 0.246 e. The summed E-state index contributed by atoms with van der Waals surface area (Å²) in [5.41, 5.74) is 6.21. The number of aliphatic hydroxyl groups is 1. The molecule has 5 atom stereocenters. The first-order chi connectivity index (χ1) is 37.3. The first-order valence-electron chi connectivity index (χ1n) is 26.5. The number of aryl methyl sites for hydroxylation is 3. The molecule has 1 fully saturated rings. The SMILES string of the molecule is Cc1ncsc1-c1ccc(CNC(=O)[C@@H]2C[C@@H](O)CN2C(=O)C(NC(=O)[C@H](Cc2ccccc2)NC(=O)CC(C)(C)OCC(C)(C)NC(=O)C[C@@H]2N=C(c3ccc(Cl)cc3)c3c(sc(C)c3C)-n3c(C)nnc32)C(C)(C)C)cc1. The highest BCUT2D eigenvalue weighted by Crippen LogP contribution is 2.40. The van der Waals surface area contributed by atoms with Gasteiger partial charge in [0.25, 0.3) is 0 Å². The molecule has 418 valence electrons. The van der Waals surface area contributed by atoms with Gasteiger partial charge in [-0.25, -0.2) is 4.98 Å². The minimum atomic E-state index is -1.14. The molecule has 5 heterocycles. The van der Waals surface area contributed by atoms with E-state index in [-0.39, 0.29) is 51.3 Å². The van der Waals surface area contributed by atoms with Crippen molar-refractivity contribution in [3.8, 4) is 15.4 Å². The quantitative estimate of drug-likeness (QED) is 0.0523. The number of fused-ring (bicyclic) bond motifs is 3. The van der Waals surface area contributed by atoms with Gasteiger partial charge in [-0.2, -0.15) is 0 Å². The maximum absolute atomic E-state index is 14.6. The third kappa shape index (κ3) is 14.0. The van der Waals surface area contributed by atoms with Crippen LogP contribution in [0, 0.1) is 33.1 Å². The second-order valence-corrected chi connectivity index (χ2v) is 25.5. The van der Waals surface area contributed by atoms with E-state index < -0.39 is 70.5 Å². The fourth-order valence-corrected chi connectivity index (χ4v) is 12.1. The number of ether oxygens (including phenoxy) is 1. The Kier molecular flexibility index (Phi) is 17.8. The summed E-state index contributed by atoms with van der Waals surface area (Å²) in [4.78, 5) is 84.2. The van der Waals surface area contributed by atoms with E-state index in [9.17, 15) is 29.1 Å². The molecule has 79 heavy (non-hydrogen) atoms. The zero-order valence-electron chi connectivity index (χ0n) is 46.7. The number of carbonyl (C=O) groups is 5. The fourth-order valence-electron chi connectivity index (χ4n) is 9.91. The van der Waals surface area contributed by atoms with E-state index in [2.05, 4.69) is 50.3 Å². The van der Waals surface area contributed by atoms with Crippen molar-refractivity contribution in [3.63, 3.8) is 0 Å². The van der Waals surface area contributed by atoms with E-state index in [4.69, 9.17) is 21.3 Å². The van der Waals surface area contributed by atoms with Crippen LogP contribution in [-0.2, 0) is 41.7 Å². The number of thiophene rings is 1. The molecule has 0 saturated carbocycles. The predicted molar refractivity (Wildman–Crippen MR) is 308 cm³/mol. The van der Waals surface area contributed by atoms with Gasteiger partial charge in [-0.3, -0.25) is 33.5 Å². The van der Waals surface area contributed by atoms with Crippen LogP contribution in [0.15, 0.2) is 89.4 Å². The van der Waals surface area contributed by atoms with Gasteiger partial charge in [0.05, 0.1) is 58.5 Å². The molecule has 0 bridgehead atoms. The van der Waals surface area contributed by atoms with Crippen molar-refractivity contribution in [2.24, 2.45) is 10.4 Å². The van der Waals surface area contributed by atoms with Crippen molar-refractivity contribution >= 4 is 69.5 Å². The molecule has 6 aromatic rings. The number of nitrogens with one attached hydrogen (secondary N) is 4. The van der Waals surface area contributed by atoms with Crippen LogP contribution < -0.4 is 21.3 Å². The predicted octanol–water partition coefficient (Wildman–Crippen LogP) is 8.24. The van der Waals surface area contributed by atoms with Gasteiger partial charge in [-0.1, -0.05) is 99.1 Å². The standard InChI is InChI=1S/C59H71ClN10O7S2/c1-33-35(3)79-56-48(33)49(39-21-23-41(60)24-22-39)64-43(52-68-67-36(4)70(52)56)27-46(72)66-58(8,9)31-77-59(10,11)28-47(73)63-44(25-37-15-13-12-14-16-37)53(74)65-51(57(5,6)7)55(76)69-30-42(71)26-45(69)54(75)61-29-38-17-19-40(20-18-38)50-34(2)62-32-78-50/h12-24,32,42-45,51,71H,25-31H2,1-11H3,(H,61,75)(H,63,73)(H,65,74)(H,66,72)/t42-,43+,44+,45+,51?/m1/s1. The van der Waals surface area contributed by atoms with Crippen LogP contribution in [0.3, 0.4) is 0 Å². The van der Waals surface area contributed by atoms with Crippen LogP contribution >= 0.6 is 34.3 Å². The number of β-amino-alcohol motifs (C(OH)–C–C–N with tert-alkyl or cyclic N) is 1. The van der Waals surface area contributed by atoms with Gasteiger partial charge >= 0.3 is 0 Å². The van der Waals surface area contributed by atoms with Gasteiger partial charge in [-0.05, 0) is 95.2 Å². The number of likely N-dealkylation sites (tertiary alicyclic amines) is 1. The average molecular weight is 1130 g/mol. The first kappa shape index (κ1) is 58.5. The fraction of sp³-hybridized carbons (Fsp3) is 0.441. The summed E-state index contributed by atoms with van der Waals surface area (Å²) < 4.78 is 8.39. The first-order valence-corrected chi connectivity index (χ1v) is 28.6. The molecule has 5 amide bonds. The Bertz CT molecular complexity index is 3230. The highest BCUT2D eigenvalue weighted by atomic mass is 35.5. The highest BCUT2D eigenvalue weighted by Gasteiger charge is 2.45. The molecule has 3 aromatic carbocycles. The lowest BCUT2D eigenvalue weighted by molar-refractivity contribution is -0.144. The van der Waals surface area contributed by atoms with Crippen molar-refractivity contribution in [3.05, 3.63) is 139 Å². The Labute approximate surface area is 475 Å². The van der Waals surface area contributed by atoms with E-state index in [0.29, 0.717) is 16.7 Å². The molecule has 20 heteroatoms. The summed E-state index contributed by atoms with van der Waals surface area (Å²) in [5.74, 6) is -1.08. The summed E-state index contributed by atoms with van der Waals surface area (Å²) in [6.45, 7) is 20.7. The van der Waals surface area contributed by atoms with Crippen LogP contribution in [0.1, 0.15) is 124 Å². The number of thiazole rings is 1. The molecular weight excluding hydrogens is 1060 g/mol. The number of aliphatic hydroxyl groups excluding tert-OH is 1. The lowest BCUT2D eigenvalue weighted by Gasteiger charge is -2.36. The van der Waals surface area contributed by atoms with Gasteiger partial charge in [0.15, 0.2) is 5.82 Å². The second kappa shape index (κ2) is 24.0. The number of nitrogens with zero attached hydrogens (tertiary/aromatic N) is 6. The van der Waals surface area contributed by atoms with E-state index in [0.717, 1.165) is 59.5 Å². The highest BCUT2D eigenvalue weighted by molar-refractivity contribution is 7.15. The van der Waals surface area contributed by atoms with E-state index in [1.807, 2.05) is 132 Å². The zero-order chi connectivity index (χ0) is 57.1. The van der Waals surface area contributed by atoms with Crippen molar-refractivity contribution in [1.29, 1.82) is 0 Å². The van der Waals surface area contributed by atoms with E-state index >= 15 is 0 Å². The third-order valence-corrected chi connectivity index (χ3v) is 16.7. The Hall–Kier alpha value is -6.64. The van der Waals surface area contributed by atoms with Gasteiger partial charge in [-0.15, -0.1) is 32.9 Å². The number of amides is 5. The van der Waals surface area contributed by atoms with Crippen molar-refractivity contribution < 1.29 is 33.8 Å². The topological polar surface area (TPSA) is 222 Å². The summed E-state index contributed by atoms with van der Waals surface area (Å²) in [7, 11) is 0. The molecular formula is C59H71ClN10O7S2. The Morgan fingerprint density at radius 2 is 1.53 bits per heavy atom. The van der Waals surface area contributed by atoms with Crippen LogP contribution in [0.2, 0.25) is 5.02 Å². The third-order valence-electron chi connectivity index (χ3n) is 14.3. The lowest BCUT2D eigenvalue weighted by Crippen LogP contribution is -2.60. The van der Waals surface area contributed by atoms with Crippen LogP contribution in [0.4, 0.5) is 0 Å². The number of rotatable bonds is 19. The Balaban J connectivity index is 0.905. The van der Waals surface area contributed by atoms with Gasteiger partial charge in [0, 0.05) is 47.0 Å². The summed E-state index contributed by atoms with van der Waals surface area (Å²) in [6, 6.07) is 20.6. The van der Waals surface area contributed by atoms with E-state index in [1.165, 1.54) is 4.90 Å². The molecule has 17 nitrogen and oxygen atoms in total. The molecule has 0 aliphatic carbocycles.